The van der Waals surface area contributed by atoms with Crippen LogP contribution in [0, 0.1) is 0 Å². The molecule has 0 amide bonds. The van der Waals surface area contributed by atoms with Crippen LogP contribution in [0.3, 0.4) is 0 Å². The van der Waals surface area contributed by atoms with Gasteiger partial charge in [-0.05, 0) is 0 Å². The van der Waals surface area contributed by atoms with Crippen molar-refractivity contribution in [1.29, 1.82) is 0 Å². The van der Waals surface area contributed by atoms with Crippen LogP contribution in [-0.2, 0) is 3.08 Å². The SMILES string of the molecule is [CH3][Sn](=[O])[OH]. The fraction of sp³-hybridized carbons (Fsp3) is 1.00. The van der Waals surface area contributed by atoms with Crippen molar-refractivity contribution >= 4 is 20.2 Å². The molecular formula is CH4O2Sn. The summed E-state index contributed by atoms with van der Waals surface area (Å²) in [5.41, 5.74) is 0. The van der Waals surface area contributed by atoms with E-state index in [-0.39, 0.29) is 0 Å². The van der Waals surface area contributed by atoms with Crippen molar-refractivity contribution in [2.45, 2.75) is 4.94 Å². The Morgan fingerprint density at radius 3 is 2.00 bits per heavy atom. The van der Waals surface area contributed by atoms with Crippen LogP contribution in [0.25, 0.3) is 0 Å². The molecule has 24 valence electrons. The fourth-order valence-electron chi connectivity index (χ4n) is 0. The van der Waals surface area contributed by atoms with Crippen molar-refractivity contribution in [3.05, 3.63) is 0 Å². The second kappa shape index (κ2) is 1.84. The second-order valence-electron chi connectivity index (χ2n) is 0.519. The molecule has 0 saturated carbocycles. The van der Waals surface area contributed by atoms with E-state index in [4.69, 9.17) is 3.44 Å². The molecule has 0 aromatic carbocycles. The molecule has 3 heteroatoms. The van der Waals surface area contributed by atoms with Crippen molar-refractivity contribution in [2.75, 3.05) is 0 Å². The van der Waals surface area contributed by atoms with Crippen LogP contribution >= 0.6 is 0 Å². The summed E-state index contributed by atoms with van der Waals surface area (Å²) in [7, 11) is 0. The normalized spacial score (nSPS) is 6.50. The van der Waals surface area contributed by atoms with E-state index in [1.807, 2.05) is 0 Å². The van der Waals surface area contributed by atoms with Gasteiger partial charge in [-0.1, -0.05) is 0 Å². The zero-order valence-corrected chi connectivity index (χ0v) is 5.21. The topological polar surface area (TPSA) is 37.3 Å². The summed E-state index contributed by atoms with van der Waals surface area (Å²) in [5.74, 6) is 0. The van der Waals surface area contributed by atoms with Crippen LogP contribution in [0.2, 0.25) is 4.94 Å². The van der Waals surface area contributed by atoms with Crippen LogP contribution < -0.4 is 0 Å². The molecule has 0 rings (SSSR count). The number of hydrogen-bond donors (Lipinski definition) is 1. The molecular weight excluding hydrogens is 163 g/mol. The van der Waals surface area contributed by atoms with Crippen molar-refractivity contribution in [2.24, 2.45) is 0 Å². The minimum absolute atomic E-state index is 1.36. The number of rotatable bonds is 0. The molecule has 0 aliphatic heterocycles. The summed E-state index contributed by atoms with van der Waals surface area (Å²) in [5, 5.41) is 0. The van der Waals surface area contributed by atoms with Crippen LogP contribution in [-0.4, -0.2) is 23.6 Å². The molecule has 0 aliphatic carbocycles. The second-order valence-corrected chi connectivity index (χ2v) is 3.48. The first-order valence-electron chi connectivity index (χ1n) is 0.928. The zero-order valence-electron chi connectivity index (χ0n) is 2.36. The molecule has 0 spiro atoms. The fourth-order valence-corrected chi connectivity index (χ4v) is 0. The van der Waals surface area contributed by atoms with Gasteiger partial charge in [0.25, 0.3) is 0 Å². The summed E-state index contributed by atoms with van der Waals surface area (Å²) < 4.78 is 17.0. The Kier molecular flexibility index (Phi) is 2.10. The third kappa shape index (κ3) is 19.9. The summed E-state index contributed by atoms with van der Waals surface area (Å²) in [6.45, 7) is 0. The number of hydrogen-bond acceptors (Lipinski definition) is 1. The van der Waals surface area contributed by atoms with Gasteiger partial charge in [0.05, 0.1) is 0 Å². The van der Waals surface area contributed by atoms with E-state index in [0.717, 1.165) is 0 Å². The van der Waals surface area contributed by atoms with E-state index in [0.29, 0.717) is 0 Å². The van der Waals surface area contributed by atoms with Gasteiger partial charge in [0.15, 0.2) is 0 Å². The molecule has 4 heavy (non-hydrogen) atoms. The van der Waals surface area contributed by atoms with Gasteiger partial charge in [-0.2, -0.15) is 0 Å². The molecule has 0 atom stereocenters. The van der Waals surface area contributed by atoms with Crippen molar-refractivity contribution < 1.29 is 6.52 Å². The Morgan fingerprint density at radius 2 is 2.00 bits per heavy atom. The van der Waals surface area contributed by atoms with Crippen molar-refractivity contribution in [3.63, 3.8) is 0 Å². The molecule has 1 N–H and O–H groups in total. The standard InChI is InChI=1S/CH3.H2O.O.Sn/h1H3;1H2;;/q;;;+1/p-1. The Hall–Kier alpha value is 0.559. The average molecular weight is 167 g/mol. The van der Waals surface area contributed by atoms with E-state index in [1.165, 1.54) is 4.94 Å². The Bertz CT molecular complexity index is 29.0. The van der Waals surface area contributed by atoms with Crippen LogP contribution in [0.1, 0.15) is 0 Å². The monoisotopic (exact) mass is 168 g/mol. The predicted molar refractivity (Wildman–Crippen MR) is 14.5 cm³/mol. The van der Waals surface area contributed by atoms with E-state index < -0.39 is 20.2 Å². The Morgan fingerprint density at radius 1 is 2.00 bits per heavy atom. The van der Waals surface area contributed by atoms with E-state index in [9.17, 15) is 3.08 Å². The van der Waals surface area contributed by atoms with Gasteiger partial charge >= 0.3 is 31.6 Å². The molecule has 0 bridgehead atoms. The molecule has 0 unspecified atom stereocenters. The van der Waals surface area contributed by atoms with E-state index >= 15 is 0 Å². The van der Waals surface area contributed by atoms with Gasteiger partial charge in [-0.3, -0.25) is 0 Å². The summed E-state index contributed by atoms with van der Waals surface area (Å²) in [4.78, 5) is 1.36. The zero-order chi connectivity index (χ0) is 3.58. The Balaban J connectivity index is 2.80. The first-order valence-corrected chi connectivity index (χ1v) is 6.22. The van der Waals surface area contributed by atoms with Gasteiger partial charge in [0.2, 0.25) is 0 Å². The Labute approximate surface area is 32.1 Å². The van der Waals surface area contributed by atoms with Crippen molar-refractivity contribution in [3.8, 4) is 0 Å². The van der Waals surface area contributed by atoms with Crippen LogP contribution in [0.15, 0.2) is 0 Å². The summed E-state index contributed by atoms with van der Waals surface area (Å²) in [6, 6.07) is 0. The third-order valence-electron chi connectivity index (χ3n) is 0. The van der Waals surface area contributed by atoms with E-state index in [2.05, 4.69) is 0 Å². The quantitative estimate of drug-likeness (QED) is 0.494. The molecule has 0 aliphatic rings. The van der Waals surface area contributed by atoms with E-state index in [1.54, 1.807) is 0 Å². The maximum atomic E-state index is 9.28. The minimum atomic E-state index is -2.79. The van der Waals surface area contributed by atoms with Gasteiger partial charge in [0.1, 0.15) is 0 Å². The molecule has 0 aromatic rings. The molecule has 0 radical (unpaired) electrons. The molecule has 0 heterocycles. The summed E-state index contributed by atoms with van der Waals surface area (Å²) >= 11 is -2.79. The van der Waals surface area contributed by atoms with Crippen LogP contribution in [0.4, 0.5) is 0 Å². The predicted octanol–water partition coefficient (Wildman–Crippen LogP) is -0.473. The molecule has 0 aromatic heterocycles. The van der Waals surface area contributed by atoms with Gasteiger partial charge in [-0.25, -0.2) is 0 Å². The van der Waals surface area contributed by atoms with Gasteiger partial charge in [-0.15, -0.1) is 0 Å². The van der Waals surface area contributed by atoms with Crippen LogP contribution in [0.5, 0.6) is 0 Å². The molecule has 0 fully saturated rings. The maximum absolute atomic E-state index is 9.28. The molecule has 2 nitrogen and oxygen atoms in total. The van der Waals surface area contributed by atoms with Crippen molar-refractivity contribution in [1.82, 2.24) is 0 Å². The van der Waals surface area contributed by atoms with Gasteiger partial charge in [0, 0.05) is 0 Å². The van der Waals surface area contributed by atoms with Gasteiger partial charge < -0.3 is 0 Å². The first kappa shape index (κ1) is 4.56. The average Bonchev–Trinajstić information content (AvgIpc) is 0.811. The summed E-state index contributed by atoms with van der Waals surface area (Å²) in [6.07, 6.45) is 0. The third-order valence-corrected chi connectivity index (χ3v) is 0. The molecule has 0 saturated heterocycles. The first-order chi connectivity index (χ1) is 1.73.